The molecule has 0 bridgehead atoms. The Morgan fingerprint density at radius 2 is 1.72 bits per heavy atom. The maximum Gasteiger partial charge on any atom is 0.258 e. The maximum atomic E-state index is 12.4. The summed E-state index contributed by atoms with van der Waals surface area (Å²) in [4.78, 5) is 36.5. The van der Waals surface area contributed by atoms with E-state index in [0.29, 0.717) is 11.9 Å². The first-order valence-corrected chi connectivity index (χ1v) is 9.31. The van der Waals surface area contributed by atoms with Crippen LogP contribution < -0.4 is 20.9 Å². The van der Waals surface area contributed by atoms with Crippen molar-refractivity contribution in [2.24, 2.45) is 0 Å². The van der Waals surface area contributed by atoms with Gasteiger partial charge in [-0.2, -0.15) is 0 Å². The number of ether oxygens (including phenoxy) is 1. The van der Waals surface area contributed by atoms with Crippen molar-refractivity contribution in [3.63, 3.8) is 0 Å². The number of pyridine rings is 1. The molecule has 2 N–H and O–H groups in total. The first-order chi connectivity index (χ1) is 14.1. The molecule has 7 nitrogen and oxygen atoms in total. The largest absolute Gasteiger partial charge is 0.497 e. The number of methoxy groups -OCH3 is 1. The molecule has 3 rings (SSSR count). The summed E-state index contributed by atoms with van der Waals surface area (Å²) in [7, 11) is 1.60. The van der Waals surface area contributed by atoms with Crippen LogP contribution in [0.2, 0.25) is 0 Å². The Morgan fingerprint density at radius 3 is 2.48 bits per heavy atom. The van der Waals surface area contributed by atoms with Crippen LogP contribution >= 0.6 is 0 Å². The molecule has 7 heteroatoms. The third-order valence-corrected chi connectivity index (χ3v) is 4.52. The summed E-state index contributed by atoms with van der Waals surface area (Å²) in [6, 6.07) is 16.5. The molecule has 0 aliphatic rings. The molecule has 1 aromatic heterocycles. The maximum absolute atomic E-state index is 12.4. The highest BCUT2D eigenvalue weighted by molar-refractivity contribution is 5.82. The highest BCUT2D eigenvalue weighted by Gasteiger charge is 2.08. The lowest BCUT2D eigenvalue weighted by Gasteiger charge is -2.09. The molecule has 0 aliphatic heterocycles. The van der Waals surface area contributed by atoms with Gasteiger partial charge in [-0.3, -0.25) is 14.4 Å². The van der Waals surface area contributed by atoms with Crippen molar-refractivity contribution in [2.45, 2.75) is 19.5 Å². The number of hydrogen-bond acceptors (Lipinski definition) is 4. The second kappa shape index (κ2) is 9.54. The van der Waals surface area contributed by atoms with Gasteiger partial charge in [-0.1, -0.05) is 30.3 Å². The van der Waals surface area contributed by atoms with E-state index in [1.54, 1.807) is 31.5 Å². The second-order valence-corrected chi connectivity index (χ2v) is 6.56. The molecular weight excluding hydrogens is 370 g/mol. The van der Waals surface area contributed by atoms with Crippen molar-refractivity contribution in [3.05, 3.63) is 76.7 Å². The number of carbonyl (C=O) groups is 2. The van der Waals surface area contributed by atoms with E-state index in [-0.39, 0.29) is 36.9 Å². The van der Waals surface area contributed by atoms with Gasteiger partial charge in [-0.25, -0.2) is 0 Å². The second-order valence-electron chi connectivity index (χ2n) is 6.56. The Labute approximate surface area is 168 Å². The Kier molecular flexibility index (Phi) is 6.63. The summed E-state index contributed by atoms with van der Waals surface area (Å²) in [5.41, 5.74) is 0.745. The van der Waals surface area contributed by atoms with Crippen molar-refractivity contribution in [1.29, 1.82) is 0 Å². The molecule has 2 amide bonds. The predicted octanol–water partition coefficient (Wildman–Crippen LogP) is 1.83. The topological polar surface area (TPSA) is 89.4 Å². The fraction of sp³-hybridized carbons (Fsp3) is 0.227. The quantitative estimate of drug-likeness (QED) is 0.611. The molecule has 0 unspecified atom stereocenters. The highest BCUT2D eigenvalue weighted by atomic mass is 16.5. The number of hydrogen-bond donors (Lipinski definition) is 2. The molecule has 29 heavy (non-hydrogen) atoms. The Morgan fingerprint density at radius 1 is 0.966 bits per heavy atom. The molecule has 0 radical (unpaired) electrons. The molecule has 150 valence electrons. The summed E-state index contributed by atoms with van der Waals surface area (Å²) in [6.07, 6.45) is 1.76. The fourth-order valence-electron chi connectivity index (χ4n) is 2.91. The summed E-state index contributed by atoms with van der Waals surface area (Å²) in [6.45, 7) is 0.524. The van der Waals surface area contributed by atoms with Crippen LogP contribution in [0, 0.1) is 0 Å². The van der Waals surface area contributed by atoms with E-state index in [1.807, 2.05) is 36.4 Å². The zero-order chi connectivity index (χ0) is 20.6. The van der Waals surface area contributed by atoms with Gasteiger partial charge in [0.1, 0.15) is 12.3 Å². The lowest BCUT2D eigenvalue weighted by Crippen LogP contribution is -2.34. The molecular formula is C22H23N3O4. The minimum atomic E-state index is -0.315. The zero-order valence-electron chi connectivity index (χ0n) is 16.2. The van der Waals surface area contributed by atoms with Gasteiger partial charge in [0.25, 0.3) is 5.56 Å². The van der Waals surface area contributed by atoms with Gasteiger partial charge in [0, 0.05) is 31.1 Å². The van der Waals surface area contributed by atoms with Gasteiger partial charge in [-0.05, 0) is 35.2 Å². The number of fused-ring (bicyclic) bond motifs is 1. The molecule has 0 atom stereocenters. The van der Waals surface area contributed by atoms with E-state index in [1.165, 1.54) is 4.57 Å². The van der Waals surface area contributed by atoms with Crippen LogP contribution in [0.3, 0.4) is 0 Å². The van der Waals surface area contributed by atoms with Crippen LogP contribution in [0.1, 0.15) is 12.0 Å². The number of aromatic nitrogens is 1. The van der Waals surface area contributed by atoms with E-state index in [2.05, 4.69) is 10.6 Å². The first kappa shape index (κ1) is 20.1. The van der Waals surface area contributed by atoms with E-state index < -0.39 is 0 Å². The SMILES string of the molecule is COc1ccc(CNC(=O)CCNC(=O)Cn2ccc3ccccc3c2=O)cc1. The molecule has 0 spiro atoms. The van der Waals surface area contributed by atoms with Crippen LogP contribution in [-0.2, 0) is 22.7 Å². The molecule has 3 aromatic rings. The Bertz CT molecular complexity index is 1060. The molecule has 0 fully saturated rings. The van der Waals surface area contributed by atoms with Crippen LogP contribution in [0.5, 0.6) is 5.75 Å². The molecule has 0 aliphatic carbocycles. The van der Waals surface area contributed by atoms with Gasteiger partial charge >= 0.3 is 0 Å². The lowest BCUT2D eigenvalue weighted by atomic mass is 10.2. The van der Waals surface area contributed by atoms with Gasteiger partial charge in [0.15, 0.2) is 0 Å². The third-order valence-electron chi connectivity index (χ3n) is 4.52. The number of carbonyl (C=O) groups excluding carboxylic acids is 2. The number of nitrogens with zero attached hydrogens (tertiary/aromatic N) is 1. The van der Waals surface area contributed by atoms with Crippen molar-refractivity contribution in [1.82, 2.24) is 15.2 Å². The first-order valence-electron chi connectivity index (χ1n) is 9.31. The third kappa shape index (κ3) is 5.44. The van der Waals surface area contributed by atoms with Crippen molar-refractivity contribution < 1.29 is 14.3 Å². The van der Waals surface area contributed by atoms with Crippen LogP contribution in [-0.4, -0.2) is 30.0 Å². The molecule has 0 saturated heterocycles. The van der Waals surface area contributed by atoms with Crippen molar-refractivity contribution in [3.8, 4) is 5.75 Å². The highest BCUT2D eigenvalue weighted by Crippen LogP contribution is 2.11. The summed E-state index contributed by atoms with van der Waals surface area (Å²) in [5, 5.41) is 6.88. The average Bonchev–Trinajstić information content (AvgIpc) is 2.75. The Hall–Kier alpha value is -3.61. The number of nitrogens with one attached hydrogen (secondary N) is 2. The Balaban J connectivity index is 1.43. The smallest absolute Gasteiger partial charge is 0.258 e. The van der Waals surface area contributed by atoms with Gasteiger partial charge in [0.05, 0.1) is 7.11 Å². The van der Waals surface area contributed by atoms with Gasteiger partial charge in [-0.15, -0.1) is 0 Å². The molecule has 0 saturated carbocycles. The van der Waals surface area contributed by atoms with Gasteiger partial charge < -0.3 is 19.9 Å². The summed E-state index contributed by atoms with van der Waals surface area (Å²) >= 11 is 0. The van der Waals surface area contributed by atoms with E-state index >= 15 is 0 Å². The minimum Gasteiger partial charge on any atom is -0.497 e. The van der Waals surface area contributed by atoms with Crippen LogP contribution in [0.4, 0.5) is 0 Å². The van der Waals surface area contributed by atoms with Crippen LogP contribution in [0.15, 0.2) is 65.6 Å². The summed E-state index contributed by atoms with van der Waals surface area (Å²) in [5.74, 6) is 0.280. The predicted molar refractivity (Wildman–Crippen MR) is 111 cm³/mol. The minimum absolute atomic E-state index is 0.0862. The van der Waals surface area contributed by atoms with E-state index in [9.17, 15) is 14.4 Å². The lowest BCUT2D eigenvalue weighted by molar-refractivity contribution is -0.122. The van der Waals surface area contributed by atoms with Crippen molar-refractivity contribution >= 4 is 22.6 Å². The van der Waals surface area contributed by atoms with E-state index in [0.717, 1.165) is 16.7 Å². The molecule has 1 heterocycles. The standard InChI is InChI=1S/C22H23N3O4/c1-29-18-8-6-16(7-9-18)14-24-20(26)10-12-23-21(27)15-25-13-11-17-4-2-3-5-19(17)22(25)28/h2-9,11,13H,10,12,14-15H2,1H3,(H,23,27)(H,24,26). The normalized spacial score (nSPS) is 10.5. The van der Waals surface area contributed by atoms with Crippen molar-refractivity contribution in [2.75, 3.05) is 13.7 Å². The van der Waals surface area contributed by atoms with Gasteiger partial charge in [0.2, 0.25) is 11.8 Å². The van der Waals surface area contributed by atoms with Crippen LogP contribution in [0.25, 0.3) is 10.8 Å². The van der Waals surface area contributed by atoms with E-state index in [4.69, 9.17) is 4.74 Å². The molecule has 2 aromatic carbocycles. The summed E-state index contributed by atoms with van der Waals surface area (Å²) < 4.78 is 6.45. The fourth-order valence-corrected chi connectivity index (χ4v) is 2.91. The number of rotatable bonds is 8. The zero-order valence-corrected chi connectivity index (χ0v) is 16.2. The monoisotopic (exact) mass is 393 g/mol. The average molecular weight is 393 g/mol. The number of benzene rings is 2. The number of amides is 2.